The van der Waals surface area contributed by atoms with Gasteiger partial charge < -0.3 is 15.8 Å². The van der Waals surface area contributed by atoms with Gasteiger partial charge in [-0.1, -0.05) is 35.9 Å². The predicted molar refractivity (Wildman–Crippen MR) is 115 cm³/mol. The van der Waals surface area contributed by atoms with Crippen molar-refractivity contribution in [3.63, 3.8) is 0 Å². The van der Waals surface area contributed by atoms with Crippen LogP contribution in [0.4, 0.5) is 11.4 Å². The van der Waals surface area contributed by atoms with Gasteiger partial charge in [0, 0.05) is 7.05 Å². The van der Waals surface area contributed by atoms with E-state index in [9.17, 15) is 14.4 Å². The number of rotatable bonds is 5. The highest BCUT2D eigenvalue weighted by atomic mass is 35.5. The number of nitrogens with zero attached hydrogens (tertiary/aromatic N) is 2. The van der Waals surface area contributed by atoms with Crippen molar-refractivity contribution in [1.29, 1.82) is 0 Å². The number of nitrogens with one attached hydrogen (secondary N) is 1. The molecule has 8 nitrogen and oxygen atoms in total. The van der Waals surface area contributed by atoms with Crippen molar-refractivity contribution >= 4 is 34.9 Å². The quantitative estimate of drug-likeness (QED) is 0.479. The lowest BCUT2D eigenvalue weighted by atomic mass is 10.2. The maximum atomic E-state index is 12.9. The largest absolute Gasteiger partial charge is 0.449 e. The number of nitrogen functional groups attached to an aromatic ring is 1. The Balaban J connectivity index is 1.80. The fourth-order valence-electron chi connectivity index (χ4n) is 2.93. The Morgan fingerprint density at radius 1 is 1.13 bits per heavy atom. The Morgan fingerprint density at radius 3 is 2.47 bits per heavy atom. The third-order valence-electron chi connectivity index (χ3n) is 4.73. The Hall–Kier alpha value is -3.52. The zero-order valence-corrected chi connectivity index (χ0v) is 17.4. The van der Waals surface area contributed by atoms with E-state index in [2.05, 4.69) is 5.32 Å². The highest BCUT2D eigenvalue weighted by Crippen LogP contribution is 2.23. The van der Waals surface area contributed by atoms with Crippen molar-refractivity contribution in [3.8, 4) is 5.69 Å². The monoisotopic (exact) mass is 428 g/mol. The molecule has 0 aliphatic rings. The minimum absolute atomic E-state index is 0.0597. The second-order valence-corrected chi connectivity index (χ2v) is 7.08. The molecule has 3 N–H and O–H groups in total. The average molecular weight is 429 g/mol. The minimum Gasteiger partial charge on any atom is -0.449 e. The maximum Gasteiger partial charge on any atom is 0.341 e. The van der Waals surface area contributed by atoms with E-state index in [1.165, 1.54) is 17.7 Å². The van der Waals surface area contributed by atoms with E-state index in [1.54, 1.807) is 42.9 Å². The molecule has 1 atom stereocenters. The van der Waals surface area contributed by atoms with Crippen molar-refractivity contribution in [3.05, 3.63) is 75.2 Å². The Labute approximate surface area is 177 Å². The molecule has 0 aliphatic heterocycles. The van der Waals surface area contributed by atoms with Crippen LogP contribution in [0.15, 0.2) is 53.3 Å². The lowest BCUT2D eigenvalue weighted by molar-refractivity contribution is -0.123. The van der Waals surface area contributed by atoms with Crippen molar-refractivity contribution in [2.24, 2.45) is 7.05 Å². The first-order valence-electron chi connectivity index (χ1n) is 9.12. The summed E-state index contributed by atoms with van der Waals surface area (Å²) in [6, 6.07) is 13.6. The molecule has 0 saturated heterocycles. The molecular weight excluding hydrogens is 408 g/mol. The fourth-order valence-corrected chi connectivity index (χ4v) is 3.10. The van der Waals surface area contributed by atoms with E-state index in [0.717, 1.165) is 0 Å². The van der Waals surface area contributed by atoms with Gasteiger partial charge in [0.05, 0.1) is 27.7 Å². The van der Waals surface area contributed by atoms with Crippen LogP contribution in [0.25, 0.3) is 5.69 Å². The molecule has 0 radical (unpaired) electrons. The van der Waals surface area contributed by atoms with Gasteiger partial charge in [-0.05, 0) is 38.1 Å². The molecule has 0 spiro atoms. The topological polar surface area (TPSA) is 108 Å². The van der Waals surface area contributed by atoms with Crippen LogP contribution in [0.1, 0.15) is 23.0 Å². The van der Waals surface area contributed by atoms with Crippen LogP contribution in [-0.2, 0) is 16.6 Å². The number of carbonyl (C=O) groups is 2. The number of aromatic nitrogens is 2. The standard InChI is InChI=1S/C21H21ClN4O4/c1-12-18(20(28)26(25(12)3)14-8-5-4-6-9-14)24-19(27)13(2)30-21(29)15-10-7-11-16(22)17(15)23/h4-11,13H,23H2,1-3H3,(H,24,27). The molecule has 1 unspecified atom stereocenters. The number of nitrogens with two attached hydrogens (primary N) is 1. The lowest BCUT2D eigenvalue weighted by Gasteiger charge is -2.14. The van der Waals surface area contributed by atoms with Crippen molar-refractivity contribution in [1.82, 2.24) is 9.36 Å². The van der Waals surface area contributed by atoms with Gasteiger partial charge in [0.15, 0.2) is 6.10 Å². The summed E-state index contributed by atoms with van der Waals surface area (Å²) in [7, 11) is 1.71. The molecule has 3 rings (SSSR count). The maximum absolute atomic E-state index is 12.9. The van der Waals surface area contributed by atoms with E-state index < -0.39 is 23.5 Å². The number of para-hydroxylation sites is 2. The van der Waals surface area contributed by atoms with E-state index in [-0.39, 0.29) is 22.0 Å². The number of halogens is 1. The summed E-state index contributed by atoms with van der Waals surface area (Å²) in [6.45, 7) is 3.11. The van der Waals surface area contributed by atoms with E-state index in [1.807, 2.05) is 18.2 Å². The molecule has 9 heteroatoms. The molecule has 1 aromatic heterocycles. The van der Waals surface area contributed by atoms with Gasteiger partial charge in [-0.2, -0.15) is 0 Å². The van der Waals surface area contributed by atoms with Gasteiger partial charge in [0.2, 0.25) is 0 Å². The van der Waals surface area contributed by atoms with Gasteiger partial charge >= 0.3 is 5.97 Å². The SMILES string of the molecule is Cc1c(NC(=O)C(C)OC(=O)c2cccc(Cl)c2N)c(=O)n(-c2ccccc2)n1C. The van der Waals surface area contributed by atoms with Crippen molar-refractivity contribution < 1.29 is 14.3 Å². The molecule has 2 aromatic carbocycles. The van der Waals surface area contributed by atoms with Crippen LogP contribution in [0, 0.1) is 6.92 Å². The lowest BCUT2D eigenvalue weighted by Crippen LogP contribution is -2.32. The number of hydrogen-bond donors (Lipinski definition) is 2. The summed E-state index contributed by atoms with van der Waals surface area (Å²) in [5, 5.41) is 2.78. The first-order chi connectivity index (χ1) is 14.2. The first kappa shape index (κ1) is 21.2. The Bertz CT molecular complexity index is 1170. The summed E-state index contributed by atoms with van der Waals surface area (Å²) in [6.07, 6.45) is -1.17. The molecular formula is C21H21ClN4O4. The predicted octanol–water partition coefficient (Wildman–Crippen LogP) is 2.90. The van der Waals surface area contributed by atoms with Crippen molar-refractivity contribution in [2.45, 2.75) is 20.0 Å². The molecule has 1 heterocycles. The number of esters is 1. The molecule has 30 heavy (non-hydrogen) atoms. The van der Waals surface area contributed by atoms with Gasteiger partial charge in [-0.3, -0.25) is 14.3 Å². The smallest absolute Gasteiger partial charge is 0.341 e. The van der Waals surface area contributed by atoms with E-state index in [4.69, 9.17) is 22.1 Å². The van der Waals surface area contributed by atoms with Gasteiger partial charge in [-0.15, -0.1) is 0 Å². The molecule has 3 aromatic rings. The number of amides is 1. The minimum atomic E-state index is -1.17. The summed E-state index contributed by atoms with van der Waals surface area (Å²) in [5.74, 6) is -1.43. The van der Waals surface area contributed by atoms with Gasteiger partial charge in [0.1, 0.15) is 5.69 Å². The van der Waals surface area contributed by atoms with E-state index in [0.29, 0.717) is 11.4 Å². The second kappa shape index (κ2) is 8.46. The van der Waals surface area contributed by atoms with Crippen LogP contribution in [0.2, 0.25) is 5.02 Å². The van der Waals surface area contributed by atoms with Crippen LogP contribution in [-0.4, -0.2) is 27.3 Å². The molecule has 0 aliphatic carbocycles. The molecule has 0 saturated carbocycles. The molecule has 1 amide bonds. The summed E-state index contributed by atoms with van der Waals surface area (Å²) in [5.41, 5.74) is 6.84. The molecule has 156 valence electrons. The second-order valence-electron chi connectivity index (χ2n) is 6.67. The summed E-state index contributed by atoms with van der Waals surface area (Å²) < 4.78 is 8.28. The highest BCUT2D eigenvalue weighted by Gasteiger charge is 2.24. The first-order valence-corrected chi connectivity index (χ1v) is 9.50. The summed E-state index contributed by atoms with van der Waals surface area (Å²) >= 11 is 5.92. The fraction of sp³-hybridized carbons (Fsp3) is 0.190. The van der Waals surface area contributed by atoms with Crippen LogP contribution in [0.3, 0.4) is 0 Å². The number of ether oxygens (including phenoxy) is 1. The number of hydrogen-bond acceptors (Lipinski definition) is 5. The Morgan fingerprint density at radius 2 is 1.80 bits per heavy atom. The molecule has 0 fully saturated rings. The zero-order valence-electron chi connectivity index (χ0n) is 16.7. The van der Waals surface area contributed by atoms with Gasteiger partial charge in [-0.25, -0.2) is 9.48 Å². The number of carbonyl (C=O) groups excluding carboxylic acids is 2. The van der Waals surface area contributed by atoms with Crippen LogP contribution in [0.5, 0.6) is 0 Å². The third-order valence-corrected chi connectivity index (χ3v) is 5.06. The Kier molecular flexibility index (Phi) is 5.98. The van der Waals surface area contributed by atoms with Crippen molar-refractivity contribution in [2.75, 3.05) is 11.1 Å². The number of anilines is 2. The molecule has 0 bridgehead atoms. The summed E-state index contributed by atoms with van der Waals surface area (Å²) in [4.78, 5) is 37.8. The number of benzene rings is 2. The average Bonchev–Trinajstić information content (AvgIpc) is 2.93. The van der Waals surface area contributed by atoms with Gasteiger partial charge in [0.25, 0.3) is 11.5 Å². The van der Waals surface area contributed by atoms with Crippen LogP contribution < -0.4 is 16.6 Å². The zero-order chi connectivity index (χ0) is 22.0. The van der Waals surface area contributed by atoms with E-state index >= 15 is 0 Å². The normalized spacial score (nSPS) is 11.7. The van der Waals surface area contributed by atoms with Crippen LogP contribution >= 0.6 is 11.6 Å². The third kappa shape index (κ3) is 3.95. The highest BCUT2D eigenvalue weighted by molar-refractivity contribution is 6.33.